The van der Waals surface area contributed by atoms with Crippen LogP contribution < -0.4 is 4.74 Å². The highest BCUT2D eigenvalue weighted by Crippen LogP contribution is 2.37. The summed E-state index contributed by atoms with van der Waals surface area (Å²) in [6.07, 6.45) is -7.88. The van der Waals surface area contributed by atoms with Crippen LogP contribution in [0.3, 0.4) is 0 Å². The van der Waals surface area contributed by atoms with Gasteiger partial charge in [-0.25, -0.2) is 4.79 Å². The number of phenols is 1. The number of fused-ring (bicyclic) bond motifs is 9. The van der Waals surface area contributed by atoms with Crippen LogP contribution in [0.4, 0.5) is 0 Å². The van der Waals surface area contributed by atoms with Crippen LogP contribution in [0.1, 0.15) is 30.6 Å². The molecule has 14 nitrogen and oxygen atoms in total. The molecular weight excluding hydrogens is 608 g/mol. The summed E-state index contributed by atoms with van der Waals surface area (Å²) in [6.45, 7) is 0.457. The molecule has 1 fully saturated rings. The van der Waals surface area contributed by atoms with Gasteiger partial charge in [0.05, 0.1) is 31.5 Å². The highest BCUT2D eigenvalue weighted by Gasteiger charge is 2.47. The van der Waals surface area contributed by atoms with E-state index in [0.717, 1.165) is 6.26 Å². The molecule has 14 heteroatoms. The first kappa shape index (κ1) is 33.3. The van der Waals surface area contributed by atoms with Gasteiger partial charge in [-0.1, -0.05) is 24.3 Å². The minimum atomic E-state index is -1.73. The van der Waals surface area contributed by atoms with E-state index in [2.05, 4.69) is 0 Å². The van der Waals surface area contributed by atoms with Gasteiger partial charge in [0.1, 0.15) is 42.9 Å². The first-order valence-corrected chi connectivity index (χ1v) is 14.7. The molecule has 0 amide bonds. The smallest absolute Gasteiger partial charge is 0.337 e. The standard InChI is InChI=1S/C32H36O14/c1-2-19-20-12-26(36)41-10-9-16-3-8-22(34)24(11-16)44-18-6-4-17(5-7-18)23(35)15-42-30(40)21(20)14-43-31(19)46-32-29(39)28(38)27(37)25(13-33)45-32/h2-8,11,14,20,23,25,27-29,31-35,37-39H,9-10,12-13,15H2,1H3/b19-2+/t20-,23+,25+,27+,28-,29+,31-,32-/m0/s1. The molecule has 0 aliphatic carbocycles. The summed E-state index contributed by atoms with van der Waals surface area (Å²) in [4.78, 5) is 26.4. The van der Waals surface area contributed by atoms with Crippen LogP contribution in [0, 0.1) is 5.92 Å². The number of hydrogen-bond acceptors (Lipinski definition) is 14. The van der Waals surface area contributed by atoms with Crippen molar-refractivity contribution in [1.29, 1.82) is 0 Å². The van der Waals surface area contributed by atoms with E-state index in [1.807, 2.05) is 0 Å². The van der Waals surface area contributed by atoms with Gasteiger partial charge in [0.2, 0.25) is 6.29 Å². The number of carbonyl (C=O) groups excluding carboxylic acids is 2. The molecule has 4 heterocycles. The molecule has 1 saturated heterocycles. The van der Waals surface area contributed by atoms with E-state index >= 15 is 0 Å². The van der Waals surface area contributed by atoms with Crippen LogP contribution in [-0.4, -0.2) is 99.4 Å². The largest absolute Gasteiger partial charge is 0.504 e. The van der Waals surface area contributed by atoms with Crippen LogP contribution in [0.2, 0.25) is 0 Å². The van der Waals surface area contributed by atoms with Crippen molar-refractivity contribution in [3.05, 3.63) is 77.1 Å². The number of aliphatic hydroxyl groups is 5. The number of rotatable bonds is 3. The van der Waals surface area contributed by atoms with Crippen LogP contribution in [0.25, 0.3) is 0 Å². The maximum atomic E-state index is 13.3. The predicted octanol–water partition coefficient (Wildman–Crippen LogP) is 0.870. The number of phenolic OH excluding ortho intramolecular Hbond substituents is 1. The zero-order chi connectivity index (χ0) is 33.0. The molecule has 0 saturated carbocycles. The molecule has 8 atom stereocenters. The topological polar surface area (TPSA) is 211 Å². The maximum Gasteiger partial charge on any atom is 0.337 e. The second-order valence-corrected chi connectivity index (χ2v) is 11.0. The fraction of sp³-hybridized carbons (Fsp3) is 0.438. The Morgan fingerprint density at radius 3 is 2.46 bits per heavy atom. The Hall–Kier alpha value is -4.02. The van der Waals surface area contributed by atoms with Gasteiger partial charge < -0.3 is 59.1 Å². The molecule has 6 N–H and O–H groups in total. The molecule has 0 unspecified atom stereocenters. The molecule has 2 aromatic rings. The summed E-state index contributed by atoms with van der Waals surface area (Å²) in [6, 6.07) is 11.1. The second-order valence-electron chi connectivity index (χ2n) is 11.0. The number of allylic oxidation sites excluding steroid dienone is 1. The number of benzene rings is 2. The van der Waals surface area contributed by atoms with Crippen LogP contribution in [0.5, 0.6) is 17.2 Å². The quantitative estimate of drug-likeness (QED) is 0.202. The lowest BCUT2D eigenvalue weighted by Crippen LogP contribution is -2.60. The van der Waals surface area contributed by atoms with Crippen molar-refractivity contribution in [2.24, 2.45) is 5.92 Å². The summed E-state index contributed by atoms with van der Waals surface area (Å²) in [7, 11) is 0. The van der Waals surface area contributed by atoms with Crippen molar-refractivity contribution < 1.29 is 68.6 Å². The average molecular weight is 645 g/mol. The fourth-order valence-electron chi connectivity index (χ4n) is 5.33. The van der Waals surface area contributed by atoms with Crippen LogP contribution >= 0.6 is 0 Å². The van der Waals surface area contributed by atoms with E-state index in [1.54, 1.807) is 43.3 Å². The van der Waals surface area contributed by atoms with Gasteiger partial charge in [-0.2, -0.15) is 0 Å². The van der Waals surface area contributed by atoms with Gasteiger partial charge >= 0.3 is 11.9 Å². The Bertz CT molecular complexity index is 1450. The molecule has 4 aliphatic rings. The fourth-order valence-corrected chi connectivity index (χ4v) is 5.33. The second kappa shape index (κ2) is 14.6. The molecule has 0 radical (unpaired) electrons. The molecule has 248 valence electrons. The van der Waals surface area contributed by atoms with Gasteiger partial charge in [-0.3, -0.25) is 4.79 Å². The lowest BCUT2D eigenvalue weighted by atomic mass is 9.86. The molecule has 4 bridgehead atoms. The summed E-state index contributed by atoms with van der Waals surface area (Å²) >= 11 is 0. The SMILES string of the molecule is C/C=C1/[C@H](O[C@@H]2O[C@H](CO)[C@@H](O)[C@H](O)[C@H]2O)OC=C2C(=O)OC[C@@H](O)c3ccc(cc3)Oc3cc(ccc3O)CCOC(=O)C[C@H]21. The number of ether oxygens (including phenoxy) is 6. The van der Waals surface area contributed by atoms with Crippen LogP contribution in [-0.2, 0) is 39.7 Å². The molecule has 0 spiro atoms. The number of carbonyl (C=O) groups is 2. The van der Waals surface area contributed by atoms with Crippen LogP contribution in [0.15, 0.2) is 65.9 Å². The van der Waals surface area contributed by atoms with Gasteiger partial charge in [0, 0.05) is 17.9 Å². The molecule has 6 rings (SSSR count). The van der Waals surface area contributed by atoms with Gasteiger partial charge in [-0.15, -0.1) is 0 Å². The number of esters is 2. The molecule has 2 aromatic carbocycles. The Labute approximate surface area is 263 Å². The average Bonchev–Trinajstić information content (AvgIpc) is 3.05. The van der Waals surface area contributed by atoms with E-state index in [1.165, 1.54) is 12.1 Å². The van der Waals surface area contributed by atoms with E-state index in [4.69, 9.17) is 28.4 Å². The third kappa shape index (κ3) is 7.34. The van der Waals surface area contributed by atoms with Gasteiger partial charge in [0.15, 0.2) is 17.8 Å². The highest BCUT2D eigenvalue weighted by molar-refractivity contribution is 5.91. The first-order chi connectivity index (χ1) is 22.1. The van der Waals surface area contributed by atoms with E-state index < -0.39 is 74.2 Å². The number of hydrogen-bond donors (Lipinski definition) is 6. The molecular formula is C32H36O14. The number of aliphatic hydroxyl groups excluding tert-OH is 5. The van der Waals surface area contributed by atoms with Crippen molar-refractivity contribution in [3.8, 4) is 17.2 Å². The van der Waals surface area contributed by atoms with Gasteiger partial charge in [-0.05, 0) is 42.3 Å². The summed E-state index contributed by atoms with van der Waals surface area (Å²) in [5.41, 5.74) is 1.32. The van der Waals surface area contributed by atoms with Crippen molar-refractivity contribution in [3.63, 3.8) is 0 Å². The zero-order valence-corrected chi connectivity index (χ0v) is 24.8. The molecule has 4 aliphatic heterocycles. The Morgan fingerprint density at radius 1 is 0.978 bits per heavy atom. The van der Waals surface area contributed by atoms with E-state index in [-0.39, 0.29) is 42.1 Å². The molecule has 0 aromatic heterocycles. The van der Waals surface area contributed by atoms with Crippen molar-refractivity contribution in [2.75, 3.05) is 19.8 Å². The lowest BCUT2D eigenvalue weighted by Gasteiger charge is -2.42. The van der Waals surface area contributed by atoms with Crippen molar-refractivity contribution in [1.82, 2.24) is 0 Å². The summed E-state index contributed by atoms with van der Waals surface area (Å²) in [5, 5.41) is 61.3. The minimum Gasteiger partial charge on any atom is -0.504 e. The third-order valence-electron chi connectivity index (χ3n) is 7.96. The first-order valence-electron chi connectivity index (χ1n) is 14.7. The molecule has 46 heavy (non-hydrogen) atoms. The number of aromatic hydroxyl groups is 1. The maximum absolute atomic E-state index is 13.3. The van der Waals surface area contributed by atoms with E-state index in [9.17, 15) is 40.2 Å². The Balaban J connectivity index is 1.41. The van der Waals surface area contributed by atoms with Gasteiger partial charge in [0.25, 0.3) is 0 Å². The highest BCUT2D eigenvalue weighted by atomic mass is 16.8. The van der Waals surface area contributed by atoms with E-state index in [0.29, 0.717) is 16.9 Å². The minimum absolute atomic E-state index is 0.0351. The normalized spacial score (nSPS) is 31.6. The zero-order valence-electron chi connectivity index (χ0n) is 24.8. The van der Waals surface area contributed by atoms with Crippen molar-refractivity contribution >= 4 is 11.9 Å². The third-order valence-corrected chi connectivity index (χ3v) is 7.96. The van der Waals surface area contributed by atoms with Crippen molar-refractivity contribution in [2.45, 2.75) is 62.9 Å². The lowest BCUT2D eigenvalue weighted by molar-refractivity contribution is -0.327. The Morgan fingerprint density at radius 2 is 1.74 bits per heavy atom. The Kier molecular flexibility index (Phi) is 10.6. The summed E-state index contributed by atoms with van der Waals surface area (Å²) < 4.78 is 33.6. The monoisotopic (exact) mass is 644 g/mol. The predicted molar refractivity (Wildman–Crippen MR) is 155 cm³/mol. The summed E-state index contributed by atoms with van der Waals surface area (Å²) in [5.74, 6) is -2.09.